The van der Waals surface area contributed by atoms with Crippen molar-refractivity contribution < 1.29 is 4.42 Å². The van der Waals surface area contributed by atoms with E-state index in [0.717, 1.165) is 25.9 Å². The predicted molar refractivity (Wildman–Crippen MR) is 82.4 cm³/mol. The monoisotopic (exact) mass is 287 g/mol. The van der Waals surface area contributed by atoms with Gasteiger partial charge in [0.05, 0.1) is 6.54 Å². The zero-order chi connectivity index (χ0) is 14.5. The summed E-state index contributed by atoms with van der Waals surface area (Å²) in [6.07, 6.45) is 2.14. The topological polar surface area (TPSA) is 66.2 Å². The first kappa shape index (κ1) is 13.9. The lowest BCUT2D eigenvalue weighted by molar-refractivity contribution is 0.466. The lowest BCUT2D eigenvalue weighted by Gasteiger charge is -2.33. The van der Waals surface area contributed by atoms with Crippen LogP contribution in [0.1, 0.15) is 18.7 Å². The fraction of sp³-hybridized carbons (Fsp3) is 0.467. The highest BCUT2D eigenvalue weighted by Gasteiger charge is 2.20. The van der Waals surface area contributed by atoms with Crippen LogP contribution in [0.3, 0.4) is 0 Å². The van der Waals surface area contributed by atoms with Gasteiger partial charge in [0.25, 0.3) is 0 Å². The van der Waals surface area contributed by atoms with E-state index in [9.17, 15) is 0 Å². The number of piperidine rings is 1. The van der Waals surface area contributed by atoms with Gasteiger partial charge in [-0.15, -0.1) is 5.10 Å². The normalized spacial score (nSPS) is 16.1. The average molecular weight is 287 g/mol. The van der Waals surface area contributed by atoms with Crippen molar-refractivity contribution >= 4 is 11.7 Å². The molecule has 112 valence electrons. The third kappa shape index (κ3) is 3.52. The van der Waals surface area contributed by atoms with Gasteiger partial charge in [0.2, 0.25) is 5.89 Å². The summed E-state index contributed by atoms with van der Waals surface area (Å²) in [6.45, 7) is 2.68. The first-order valence-corrected chi connectivity index (χ1v) is 7.38. The van der Waals surface area contributed by atoms with Crippen LogP contribution >= 0.6 is 0 Å². The van der Waals surface area contributed by atoms with E-state index in [1.165, 1.54) is 5.69 Å². The fourth-order valence-electron chi connectivity index (χ4n) is 2.63. The van der Waals surface area contributed by atoms with Gasteiger partial charge in [-0.2, -0.15) is 0 Å². The van der Waals surface area contributed by atoms with E-state index in [2.05, 4.69) is 56.1 Å². The molecule has 3 rings (SSSR count). The Morgan fingerprint density at radius 3 is 2.67 bits per heavy atom. The number of para-hydroxylation sites is 1. The van der Waals surface area contributed by atoms with Crippen LogP contribution in [-0.4, -0.2) is 36.4 Å². The lowest BCUT2D eigenvalue weighted by atomic mass is 10.0. The molecule has 2 N–H and O–H groups in total. The van der Waals surface area contributed by atoms with Crippen LogP contribution in [0.25, 0.3) is 0 Å². The zero-order valence-electron chi connectivity index (χ0n) is 12.2. The van der Waals surface area contributed by atoms with E-state index >= 15 is 0 Å². The molecule has 0 unspecified atom stereocenters. The number of hydrogen-bond acceptors (Lipinski definition) is 6. The summed E-state index contributed by atoms with van der Waals surface area (Å²) in [6, 6.07) is 11.5. The van der Waals surface area contributed by atoms with Gasteiger partial charge in [-0.3, -0.25) is 0 Å². The lowest BCUT2D eigenvalue weighted by Crippen LogP contribution is -2.39. The van der Waals surface area contributed by atoms with Crippen molar-refractivity contribution in [3.05, 3.63) is 36.2 Å². The van der Waals surface area contributed by atoms with Crippen LogP contribution in [0.15, 0.2) is 34.7 Å². The first-order valence-electron chi connectivity index (χ1n) is 7.38. The Kier molecular flexibility index (Phi) is 4.35. The number of rotatable bonds is 5. The molecular formula is C15H21N5O. The summed E-state index contributed by atoms with van der Waals surface area (Å²) in [5.74, 6) is 0.613. The molecule has 6 heteroatoms. The minimum Gasteiger partial charge on any atom is -0.407 e. The van der Waals surface area contributed by atoms with Gasteiger partial charge >= 0.3 is 6.01 Å². The highest BCUT2D eigenvalue weighted by molar-refractivity contribution is 5.46. The highest BCUT2D eigenvalue weighted by Crippen LogP contribution is 2.21. The van der Waals surface area contributed by atoms with Crippen molar-refractivity contribution in [2.24, 2.45) is 0 Å². The molecule has 21 heavy (non-hydrogen) atoms. The molecule has 0 spiro atoms. The zero-order valence-corrected chi connectivity index (χ0v) is 12.2. The van der Waals surface area contributed by atoms with Gasteiger partial charge in [0.1, 0.15) is 0 Å². The maximum atomic E-state index is 5.53. The molecule has 0 saturated carbocycles. The minimum atomic E-state index is 0.396. The van der Waals surface area contributed by atoms with Crippen molar-refractivity contribution in [2.75, 3.05) is 30.4 Å². The predicted octanol–water partition coefficient (Wildman–Crippen LogP) is 1.87. The summed E-state index contributed by atoms with van der Waals surface area (Å²) in [5, 5.41) is 14.3. The Labute approximate surface area is 124 Å². The van der Waals surface area contributed by atoms with Crippen molar-refractivity contribution in [1.29, 1.82) is 0 Å². The Bertz CT molecular complexity index is 548. The molecule has 1 aliphatic rings. The molecule has 0 bridgehead atoms. The Balaban J connectivity index is 1.51. The van der Waals surface area contributed by atoms with Crippen LogP contribution in [0, 0.1) is 0 Å². The summed E-state index contributed by atoms with van der Waals surface area (Å²) in [5.41, 5.74) is 1.30. The molecule has 0 aliphatic carbocycles. The summed E-state index contributed by atoms with van der Waals surface area (Å²) in [7, 11) is 1.86. The van der Waals surface area contributed by atoms with Crippen molar-refractivity contribution in [3.8, 4) is 0 Å². The maximum absolute atomic E-state index is 5.53. The van der Waals surface area contributed by atoms with E-state index in [1.54, 1.807) is 0 Å². The number of aromatic nitrogens is 2. The molecule has 2 aromatic rings. The number of anilines is 2. The second-order valence-corrected chi connectivity index (χ2v) is 5.27. The molecule has 0 radical (unpaired) electrons. The molecule has 1 aromatic carbocycles. The number of nitrogens with zero attached hydrogens (tertiary/aromatic N) is 3. The van der Waals surface area contributed by atoms with Gasteiger partial charge in [-0.05, 0) is 32.0 Å². The van der Waals surface area contributed by atoms with Crippen LogP contribution < -0.4 is 15.5 Å². The SMILES string of the molecule is CNCc1nnc(NC2CCN(c3ccccc3)CC2)o1. The molecule has 0 atom stereocenters. The molecule has 1 aliphatic heterocycles. The largest absolute Gasteiger partial charge is 0.407 e. The second-order valence-electron chi connectivity index (χ2n) is 5.27. The van der Waals surface area contributed by atoms with E-state index in [4.69, 9.17) is 4.42 Å². The molecule has 6 nitrogen and oxygen atoms in total. The molecular weight excluding hydrogens is 266 g/mol. The van der Waals surface area contributed by atoms with Gasteiger partial charge in [-0.1, -0.05) is 23.3 Å². The molecule has 1 fully saturated rings. The van der Waals surface area contributed by atoms with Gasteiger partial charge in [0, 0.05) is 24.8 Å². The van der Waals surface area contributed by atoms with Crippen molar-refractivity contribution in [3.63, 3.8) is 0 Å². The van der Waals surface area contributed by atoms with E-state index in [0.29, 0.717) is 24.5 Å². The third-order valence-electron chi connectivity index (χ3n) is 3.74. The molecule has 1 aromatic heterocycles. The van der Waals surface area contributed by atoms with E-state index in [-0.39, 0.29) is 0 Å². The number of nitrogens with one attached hydrogen (secondary N) is 2. The Morgan fingerprint density at radius 2 is 1.95 bits per heavy atom. The quantitative estimate of drug-likeness (QED) is 0.875. The van der Waals surface area contributed by atoms with Gasteiger partial charge in [-0.25, -0.2) is 0 Å². The summed E-state index contributed by atoms with van der Waals surface area (Å²) < 4.78 is 5.53. The van der Waals surface area contributed by atoms with Crippen LogP contribution in [0.5, 0.6) is 0 Å². The number of hydrogen-bond donors (Lipinski definition) is 2. The summed E-state index contributed by atoms with van der Waals surface area (Å²) >= 11 is 0. The summed E-state index contributed by atoms with van der Waals surface area (Å²) in [4.78, 5) is 2.42. The smallest absolute Gasteiger partial charge is 0.315 e. The van der Waals surface area contributed by atoms with E-state index < -0.39 is 0 Å². The minimum absolute atomic E-state index is 0.396. The number of benzene rings is 1. The van der Waals surface area contributed by atoms with Gasteiger partial charge < -0.3 is 20.0 Å². The van der Waals surface area contributed by atoms with Crippen molar-refractivity contribution in [1.82, 2.24) is 15.5 Å². The molecule has 2 heterocycles. The average Bonchev–Trinajstić information content (AvgIpc) is 2.97. The van der Waals surface area contributed by atoms with Gasteiger partial charge in [0.15, 0.2) is 0 Å². The van der Waals surface area contributed by atoms with E-state index in [1.807, 2.05) is 7.05 Å². The second kappa shape index (κ2) is 6.58. The van der Waals surface area contributed by atoms with Crippen LogP contribution in [0.4, 0.5) is 11.7 Å². The standard InChI is InChI=1S/C15H21N5O/c1-16-11-14-18-19-15(21-14)17-12-7-9-20(10-8-12)13-5-3-2-4-6-13/h2-6,12,16H,7-11H2,1H3,(H,17,19). The molecule has 0 amide bonds. The maximum Gasteiger partial charge on any atom is 0.315 e. The van der Waals surface area contributed by atoms with Crippen molar-refractivity contribution in [2.45, 2.75) is 25.4 Å². The Morgan fingerprint density at radius 1 is 1.19 bits per heavy atom. The highest BCUT2D eigenvalue weighted by atomic mass is 16.4. The van der Waals surface area contributed by atoms with Crippen LogP contribution in [0.2, 0.25) is 0 Å². The van der Waals surface area contributed by atoms with Crippen LogP contribution in [-0.2, 0) is 6.54 Å². The molecule has 1 saturated heterocycles. The first-order chi connectivity index (χ1) is 10.3. The third-order valence-corrected chi connectivity index (χ3v) is 3.74. The fourth-order valence-corrected chi connectivity index (χ4v) is 2.63. The Hall–Kier alpha value is -2.08.